The Morgan fingerprint density at radius 2 is 1.76 bits per heavy atom. The third-order valence-electron chi connectivity index (χ3n) is 5.91. The number of aromatic amines is 1. The van der Waals surface area contributed by atoms with Crippen molar-refractivity contribution in [3.05, 3.63) is 75.6 Å². The fraction of sp³-hybridized carbons (Fsp3) is 0.304. The summed E-state index contributed by atoms with van der Waals surface area (Å²) >= 11 is 1.79. The van der Waals surface area contributed by atoms with Crippen molar-refractivity contribution in [2.45, 2.75) is 12.2 Å². The maximum absolute atomic E-state index is 13.2. The number of aryl methyl sites for hydroxylation is 1. The smallest absolute Gasteiger partial charge is 0.253 e. The highest BCUT2D eigenvalue weighted by Gasteiger charge is 2.23. The molecule has 0 atom stereocenters. The number of carbonyl (C=O) groups excluding carboxylic acids is 1. The molecule has 2 aliphatic rings. The zero-order chi connectivity index (χ0) is 19.8. The molecular formula is C23H23N3O2S. The van der Waals surface area contributed by atoms with Gasteiger partial charge in [-0.3, -0.25) is 9.59 Å². The number of nitrogens with one attached hydrogen (secondary N) is 1. The standard InChI is InChI=1S/C23H23N3O2S/c27-22-20-15-29-13-8-18(20)19-14-16(6-7-21(19)24-22)23(28)26-11-9-25(10-12-26)17-4-2-1-3-5-17/h1-7,14H,8-13,15H2,(H,24,27). The Morgan fingerprint density at radius 3 is 2.55 bits per heavy atom. The number of pyridine rings is 1. The first-order valence-electron chi connectivity index (χ1n) is 10.1. The number of rotatable bonds is 2. The predicted molar refractivity (Wildman–Crippen MR) is 119 cm³/mol. The summed E-state index contributed by atoms with van der Waals surface area (Å²) in [6, 6.07) is 16.0. The van der Waals surface area contributed by atoms with Gasteiger partial charge in [-0.05, 0) is 48.1 Å². The van der Waals surface area contributed by atoms with E-state index < -0.39 is 0 Å². The first kappa shape index (κ1) is 18.3. The Bertz CT molecular complexity index is 1120. The molecule has 0 bridgehead atoms. The summed E-state index contributed by atoms with van der Waals surface area (Å²) in [7, 11) is 0. The van der Waals surface area contributed by atoms with Crippen LogP contribution in [0.5, 0.6) is 0 Å². The first-order chi connectivity index (χ1) is 14.2. The Morgan fingerprint density at radius 1 is 0.966 bits per heavy atom. The van der Waals surface area contributed by atoms with Gasteiger partial charge in [0.2, 0.25) is 0 Å². The van der Waals surface area contributed by atoms with Crippen molar-refractivity contribution >= 4 is 34.3 Å². The Kier molecular flexibility index (Phi) is 4.79. The number of anilines is 1. The molecule has 1 aromatic heterocycles. The van der Waals surface area contributed by atoms with Gasteiger partial charge in [0.05, 0.1) is 0 Å². The van der Waals surface area contributed by atoms with Crippen molar-refractivity contribution in [1.82, 2.24) is 9.88 Å². The van der Waals surface area contributed by atoms with Gasteiger partial charge in [0.15, 0.2) is 0 Å². The van der Waals surface area contributed by atoms with Crippen molar-refractivity contribution in [3.63, 3.8) is 0 Å². The van der Waals surface area contributed by atoms with Gasteiger partial charge in [-0.25, -0.2) is 0 Å². The molecule has 1 N–H and O–H groups in total. The van der Waals surface area contributed by atoms with Gasteiger partial charge >= 0.3 is 0 Å². The largest absolute Gasteiger partial charge is 0.368 e. The predicted octanol–water partition coefficient (Wildman–Crippen LogP) is 3.28. The number of benzene rings is 2. The second-order valence-electron chi connectivity index (χ2n) is 7.59. The molecule has 148 valence electrons. The van der Waals surface area contributed by atoms with Gasteiger partial charge in [-0.15, -0.1) is 0 Å². The fourth-order valence-electron chi connectivity index (χ4n) is 4.31. The van der Waals surface area contributed by atoms with E-state index in [-0.39, 0.29) is 11.5 Å². The first-order valence-corrected chi connectivity index (χ1v) is 11.2. The number of para-hydroxylation sites is 1. The number of fused-ring (bicyclic) bond motifs is 3. The lowest BCUT2D eigenvalue weighted by atomic mass is 9.99. The zero-order valence-electron chi connectivity index (χ0n) is 16.2. The van der Waals surface area contributed by atoms with Crippen molar-refractivity contribution in [2.75, 3.05) is 36.8 Å². The summed E-state index contributed by atoms with van der Waals surface area (Å²) in [5.41, 5.74) is 4.74. The summed E-state index contributed by atoms with van der Waals surface area (Å²) < 4.78 is 0. The van der Waals surface area contributed by atoms with E-state index in [1.54, 1.807) is 11.8 Å². The third-order valence-corrected chi connectivity index (χ3v) is 6.89. The SMILES string of the molecule is O=C(c1ccc2[nH]c(=O)c3c(c2c1)CCSC3)N1CCN(c2ccccc2)CC1. The molecule has 3 heterocycles. The summed E-state index contributed by atoms with van der Waals surface area (Å²) in [5, 5.41) is 1.02. The molecule has 0 aliphatic carbocycles. The molecule has 1 amide bonds. The average Bonchev–Trinajstić information content (AvgIpc) is 2.79. The van der Waals surface area contributed by atoms with Crippen LogP contribution in [0.1, 0.15) is 21.5 Å². The molecular weight excluding hydrogens is 382 g/mol. The van der Waals surface area contributed by atoms with Gasteiger partial charge < -0.3 is 14.8 Å². The van der Waals surface area contributed by atoms with Crippen molar-refractivity contribution in [2.24, 2.45) is 0 Å². The van der Waals surface area contributed by atoms with Crippen molar-refractivity contribution in [1.29, 1.82) is 0 Å². The molecule has 0 spiro atoms. The lowest BCUT2D eigenvalue weighted by Gasteiger charge is -2.36. The lowest BCUT2D eigenvalue weighted by molar-refractivity contribution is 0.0747. The van der Waals surface area contributed by atoms with Crippen LogP contribution in [0.25, 0.3) is 10.9 Å². The maximum Gasteiger partial charge on any atom is 0.253 e. The van der Waals surface area contributed by atoms with Gasteiger partial charge in [-0.2, -0.15) is 11.8 Å². The van der Waals surface area contributed by atoms with Crippen LogP contribution in [0.2, 0.25) is 0 Å². The van der Waals surface area contributed by atoms with Crippen LogP contribution in [0.3, 0.4) is 0 Å². The van der Waals surface area contributed by atoms with Gasteiger partial charge in [-0.1, -0.05) is 18.2 Å². The van der Waals surface area contributed by atoms with E-state index in [0.29, 0.717) is 18.7 Å². The van der Waals surface area contributed by atoms with Crippen molar-refractivity contribution in [3.8, 4) is 0 Å². The van der Waals surface area contributed by atoms with E-state index in [2.05, 4.69) is 22.0 Å². The van der Waals surface area contributed by atoms with Crippen molar-refractivity contribution < 1.29 is 4.79 Å². The number of piperazine rings is 1. The van der Waals surface area contributed by atoms with Gasteiger partial charge in [0.25, 0.3) is 11.5 Å². The van der Waals surface area contributed by atoms with Crippen LogP contribution < -0.4 is 10.5 Å². The zero-order valence-corrected chi connectivity index (χ0v) is 17.0. The lowest BCUT2D eigenvalue weighted by Crippen LogP contribution is -2.48. The minimum absolute atomic E-state index is 0.0100. The molecule has 29 heavy (non-hydrogen) atoms. The monoisotopic (exact) mass is 405 g/mol. The molecule has 6 heteroatoms. The summed E-state index contributed by atoms with van der Waals surface area (Å²) in [5.74, 6) is 1.84. The number of hydrogen-bond donors (Lipinski definition) is 1. The normalized spacial score (nSPS) is 16.7. The Hall–Kier alpha value is -2.73. The second kappa shape index (κ2) is 7.59. The molecule has 1 fully saturated rings. The number of nitrogens with zero attached hydrogens (tertiary/aromatic N) is 2. The molecule has 0 radical (unpaired) electrons. The molecule has 1 saturated heterocycles. The maximum atomic E-state index is 13.2. The highest BCUT2D eigenvalue weighted by atomic mass is 32.2. The van der Waals surface area contributed by atoms with E-state index >= 15 is 0 Å². The highest BCUT2D eigenvalue weighted by Crippen LogP contribution is 2.28. The number of thioether (sulfide) groups is 1. The van der Waals surface area contributed by atoms with Crippen LogP contribution in [-0.2, 0) is 12.2 Å². The number of aromatic nitrogens is 1. The highest BCUT2D eigenvalue weighted by molar-refractivity contribution is 7.98. The molecule has 2 aliphatic heterocycles. The third kappa shape index (κ3) is 3.42. The Balaban J connectivity index is 1.39. The number of carbonyl (C=O) groups is 1. The number of hydrogen-bond acceptors (Lipinski definition) is 4. The molecule has 5 rings (SSSR count). The number of H-pyrrole nitrogens is 1. The van der Waals surface area contributed by atoms with Gasteiger partial charge in [0, 0.05) is 59.6 Å². The van der Waals surface area contributed by atoms with Crippen LogP contribution in [-0.4, -0.2) is 47.7 Å². The number of amides is 1. The molecule has 5 nitrogen and oxygen atoms in total. The molecule has 0 unspecified atom stereocenters. The van der Waals surface area contributed by atoms with E-state index in [0.717, 1.165) is 53.0 Å². The second-order valence-corrected chi connectivity index (χ2v) is 8.69. The van der Waals surface area contributed by atoms with E-state index in [4.69, 9.17) is 0 Å². The molecule has 3 aromatic rings. The topological polar surface area (TPSA) is 56.4 Å². The van der Waals surface area contributed by atoms with E-state index in [1.165, 1.54) is 5.69 Å². The average molecular weight is 406 g/mol. The van der Waals surface area contributed by atoms with Crippen LogP contribution in [0, 0.1) is 0 Å². The van der Waals surface area contributed by atoms with Crippen LogP contribution in [0.4, 0.5) is 5.69 Å². The minimum atomic E-state index is 0.0100. The molecule has 2 aromatic carbocycles. The van der Waals surface area contributed by atoms with Gasteiger partial charge in [0.1, 0.15) is 0 Å². The van der Waals surface area contributed by atoms with Crippen LogP contribution >= 0.6 is 11.8 Å². The minimum Gasteiger partial charge on any atom is -0.368 e. The van der Waals surface area contributed by atoms with E-state index in [9.17, 15) is 9.59 Å². The Labute approximate surface area is 173 Å². The summed E-state index contributed by atoms with van der Waals surface area (Å²) in [4.78, 5) is 32.7. The van der Waals surface area contributed by atoms with Crippen LogP contribution in [0.15, 0.2) is 53.3 Å². The summed E-state index contributed by atoms with van der Waals surface area (Å²) in [6.45, 7) is 3.10. The molecule has 0 saturated carbocycles. The fourth-order valence-corrected chi connectivity index (χ4v) is 5.31. The quantitative estimate of drug-likeness (QED) is 0.711. The summed E-state index contributed by atoms with van der Waals surface area (Å²) in [6.07, 6.45) is 0.883. The van der Waals surface area contributed by atoms with E-state index in [1.807, 2.05) is 41.3 Å².